The van der Waals surface area contributed by atoms with E-state index >= 15 is 0 Å². The van der Waals surface area contributed by atoms with Gasteiger partial charge < -0.3 is 10.4 Å². The van der Waals surface area contributed by atoms with Gasteiger partial charge in [0.1, 0.15) is 0 Å². The second-order valence-corrected chi connectivity index (χ2v) is 2.51. The van der Waals surface area contributed by atoms with Gasteiger partial charge >= 0.3 is 0 Å². The molecule has 0 saturated heterocycles. The van der Waals surface area contributed by atoms with Crippen LogP contribution in [0.3, 0.4) is 0 Å². The monoisotopic (exact) mass is 158 g/mol. The summed E-state index contributed by atoms with van der Waals surface area (Å²) >= 11 is 0. The molecule has 0 radical (unpaired) electrons. The summed E-state index contributed by atoms with van der Waals surface area (Å²) in [6.07, 6.45) is 0.256. The van der Waals surface area contributed by atoms with Gasteiger partial charge in [-0.15, -0.1) is 0 Å². The molecule has 0 saturated carbocycles. The molecule has 0 rings (SSSR count). The number of hydrogen-bond donors (Lipinski definition) is 3. The van der Waals surface area contributed by atoms with Crippen LogP contribution in [-0.4, -0.2) is 16.9 Å². The fraction of sp³-hybridized carbons (Fsp3) is 0.571. The van der Waals surface area contributed by atoms with E-state index in [2.05, 4.69) is 11.9 Å². The first-order chi connectivity index (χ1) is 4.89. The van der Waals surface area contributed by atoms with Crippen molar-refractivity contribution >= 4 is 5.91 Å². The van der Waals surface area contributed by atoms with E-state index in [-0.39, 0.29) is 6.42 Å². The normalized spacial score (nSPS) is 15.3. The molecular weight excluding hydrogens is 144 g/mol. The molecule has 11 heavy (non-hydrogen) atoms. The number of rotatable bonds is 3. The van der Waals surface area contributed by atoms with Crippen molar-refractivity contribution in [3.05, 3.63) is 12.2 Å². The van der Waals surface area contributed by atoms with Crippen molar-refractivity contribution in [1.82, 2.24) is 5.32 Å². The Morgan fingerprint density at radius 1 is 1.82 bits per heavy atom. The van der Waals surface area contributed by atoms with Crippen molar-refractivity contribution in [3.8, 4) is 0 Å². The highest BCUT2D eigenvalue weighted by Gasteiger charge is 2.20. The topological polar surface area (TPSA) is 75.4 Å². The lowest BCUT2D eigenvalue weighted by molar-refractivity contribution is -0.124. The summed E-state index contributed by atoms with van der Waals surface area (Å²) < 4.78 is 0. The molecule has 0 aliphatic heterocycles. The van der Waals surface area contributed by atoms with Gasteiger partial charge in [0, 0.05) is 12.0 Å². The molecule has 0 bridgehead atoms. The van der Waals surface area contributed by atoms with Crippen molar-refractivity contribution in [2.24, 2.45) is 5.73 Å². The summed E-state index contributed by atoms with van der Waals surface area (Å²) in [5.74, 6) is -2.05. The summed E-state index contributed by atoms with van der Waals surface area (Å²) in [7, 11) is 0. The van der Waals surface area contributed by atoms with Crippen LogP contribution >= 0.6 is 0 Å². The number of amides is 1. The Morgan fingerprint density at radius 2 is 2.27 bits per heavy atom. The minimum atomic E-state index is -1.62. The highest BCUT2D eigenvalue weighted by molar-refractivity contribution is 5.92. The van der Waals surface area contributed by atoms with Gasteiger partial charge in [0.15, 0.2) is 5.85 Å². The van der Waals surface area contributed by atoms with Gasteiger partial charge in [-0.3, -0.25) is 10.5 Å². The van der Waals surface area contributed by atoms with E-state index in [0.717, 1.165) is 0 Å². The van der Waals surface area contributed by atoms with Gasteiger partial charge in [0.2, 0.25) is 5.91 Å². The molecule has 1 atom stereocenters. The van der Waals surface area contributed by atoms with E-state index in [9.17, 15) is 4.79 Å². The number of nitrogens with two attached hydrogens (primary N) is 1. The molecule has 4 N–H and O–H groups in total. The van der Waals surface area contributed by atoms with E-state index in [1.165, 1.54) is 0 Å². The second kappa shape index (κ2) is 3.50. The van der Waals surface area contributed by atoms with Crippen LogP contribution in [0.15, 0.2) is 12.2 Å². The predicted octanol–water partition coefficient (Wildman–Crippen LogP) is -0.307. The molecule has 4 nitrogen and oxygen atoms in total. The number of carbonyl (C=O) groups excluding carboxylic acids is 1. The van der Waals surface area contributed by atoms with E-state index in [1.807, 2.05) is 0 Å². The van der Waals surface area contributed by atoms with Crippen molar-refractivity contribution in [2.45, 2.75) is 26.1 Å². The standard InChI is InChI=1S/C7H14N2O2/c1-4-7(8,11)9-6(10)5(2)3/h11H,2,4,8H2,1,3H3,(H,9,10). The predicted molar refractivity (Wildman–Crippen MR) is 42.4 cm³/mol. The Morgan fingerprint density at radius 3 is 2.55 bits per heavy atom. The number of carbonyl (C=O) groups is 1. The fourth-order valence-corrected chi connectivity index (χ4v) is 0.392. The molecule has 0 aromatic rings. The molecule has 0 aliphatic rings. The molecule has 0 aliphatic carbocycles. The highest BCUT2D eigenvalue weighted by atomic mass is 16.3. The van der Waals surface area contributed by atoms with Crippen LogP contribution in [0.4, 0.5) is 0 Å². The first-order valence-corrected chi connectivity index (χ1v) is 3.38. The van der Waals surface area contributed by atoms with Gasteiger partial charge in [-0.25, -0.2) is 0 Å². The van der Waals surface area contributed by atoms with Gasteiger partial charge in [0.05, 0.1) is 0 Å². The van der Waals surface area contributed by atoms with Crippen LogP contribution in [0.2, 0.25) is 0 Å². The van der Waals surface area contributed by atoms with Gasteiger partial charge in [-0.2, -0.15) is 0 Å². The summed E-state index contributed by atoms with van der Waals surface area (Å²) in [6.45, 7) is 6.60. The Labute approximate surface area is 66.1 Å². The molecule has 0 spiro atoms. The van der Waals surface area contributed by atoms with Crippen LogP contribution in [-0.2, 0) is 4.79 Å². The fourth-order valence-electron chi connectivity index (χ4n) is 0.392. The Kier molecular flexibility index (Phi) is 3.22. The van der Waals surface area contributed by atoms with E-state index in [0.29, 0.717) is 5.57 Å². The SMILES string of the molecule is C=C(C)C(=O)NC(N)(O)CC. The maximum absolute atomic E-state index is 10.9. The van der Waals surface area contributed by atoms with Crippen molar-refractivity contribution in [3.63, 3.8) is 0 Å². The van der Waals surface area contributed by atoms with Gasteiger partial charge in [0.25, 0.3) is 0 Å². The second-order valence-electron chi connectivity index (χ2n) is 2.51. The largest absolute Gasteiger partial charge is 0.359 e. The molecule has 0 aromatic heterocycles. The minimum absolute atomic E-state index is 0.256. The molecule has 0 heterocycles. The summed E-state index contributed by atoms with van der Waals surface area (Å²) in [6, 6.07) is 0. The highest BCUT2D eigenvalue weighted by Crippen LogP contribution is 1.97. The lowest BCUT2D eigenvalue weighted by Crippen LogP contribution is -2.55. The Hall–Kier alpha value is -0.870. The summed E-state index contributed by atoms with van der Waals surface area (Å²) in [5, 5.41) is 11.3. The number of aliphatic hydroxyl groups is 1. The summed E-state index contributed by atoms with van der Waals surface area (Å²) in [5.41, 5.74) is 5.56. The van der Waals surface area contributed by atoms with E-state index in [4.69, 9.17) is 10.8 Å². The lowest BCUT2D eigenvalue weighted by atomic mass is 10.2. The van der Waals surface area contributed by atoms with E-state index < -0.39 is 11.8 Å². The van der Waals surface area contributed by atoms with Crippen LogP contribution in [0, 0.1) is 0 Å². The Balaban J connectivity index is 4.04. The average Bonchev–Trinajstić information content (AvgIpc) is 1.87. The van der Waals surface area contributed by atoms with Gasteiger partial charge in [-0.1, -0.05) is 13.5 Å². The van der Waals surface area contributed by atoms with E-state index in [1.54, 1.807) is 13.8 Å². The van der Waals surface area contributed by atoms with Crippen LogP contribution in [0.5, 0.6) is 0 Å². The Bertz CT molecular complexity index is 175. The lowest BCUT2D eigenvalue weighted by Gasteiger charge is -2.22. The third kappa shape index (κ3) is 3.75. The zero-order valence-corrected chi connectivity index (χ0v) is 6.85. The molecule has 1 amide bonds. The molecule has 0 fully saturated rings. The maximum atomic E-state index is 10.9. The molecule has 64 valence electrons. The number of nitrogens with one attached hydrogen (secondary N) is 1. The maximum Gasteiger partial charge on any atom is 0.249 e. The zero-order chi connectivity index (χ0) is 9.07. The summed E-state index contributed by atoms with van der Waals surface area (Å²) in [4.78, 5) is 10.9. The van der Waals surface area contributed by atoms with Crippen molar-refractivity contribution < 1.29 is 9.90 Å². The smallest absolute Gasteiger partial charge is 0.249 e. The zero-order valence-electron chi connectivity index (χ0n) is 6.85. The average molecular weight is 158 g/mol. The van der Waals surface area contributed by atoms with Crippen molar-refractivity contribution in [2.75, 3.05) is 0 Å². The molecular formula is C7H14N2O2. The third-order valence-corrected chi connectivity index (χ3v) is 1.26. The van der Waals surface area contributed by atoms with Crippen LogP contribution < -0.4 is 11.1 Å². The quantitative estimate of drug-likeness (QED) is 0.389. The first-order valence-electron chi connectivity index (χ1n) is 3.38. The van der Waals surface area contributed by atoms with Gasteiger partial charge in [-0.05, 0) is 6.92 Å². The van der Waals surface area contributed by atoms with Crippen LogP contribution in [0.25, 0.3) is 0 Å². The third-order valence-electron chi connectivity index (χ3n) is 1.26. The van der Waals surface area contributed by atoms with Crippen LogP contribution in [0.1, 0.15) is 20.3 Å². The molecule has 4 heteroatoms. The molecule has 1 unspecified atom stereocenters. The van der Waals surface area contributed by atoms with Crippen molar-refractivity contribution in [1.29, 1.82) is 0 Å². The number of hydrogen-bond acceptors (Lipinski definition) is 3. The first kappa shape index (κ1) is 10.1. The minimum Gasteiger partial charge on any atom is -0.359 e. The molecule has 0 aromatic carbocycles.